The zero-order valence-electron chi connectivity index (χ0n) is 12.5. The Hall–Kier alpha value is -2.43. The lowest BCUT2D eigenvalue weighted by molar-refractivity contribution is 0.596. The van der Waals surface area contributed by atoms with Crippen LogP contribution in [-0.4, -0.2) is 8.42 Å². The number of benzene rings is 3. The van der Waals surface area contributed by atoms with Crippen molar-refractivity contribution in [3.05, 3.63) is 102 Å². The summed E-state index contributed by atoms with van der Waals surface area (Å²) in [5.74, 6) is -0.188. The second-order valence-electron chi connectivity index (χ2n) is 5.34. The third kappa shape index (κ3) is 3.33. The molecule has 0 amide bonds. The van der Waals surface area contributed by atoms with Gasteiger partial charge >= 0.3 is 0 Å². The van der Waals surface area contributed by atoms with Crippen LogP contribution in [-0.2, 0) is 10.0 Å². The van der Waals surface area contributed by atoms with Crippen LogP contribution in [0.4, 0.5) is 0 Å². The first kappa shape index (κ1) is 15.5. The fourth-order valence-electron chi connectivity index (χ4n) is 2.82. The number of hydrogen-bond acceptors (Lipinski definition) is 2. The van der Waals surface area contributed by atoms with E-state index in [-0.39, 0.29) is 10.8 Å². The molecule has 116 valence electrons. The van der Waals surface area contributed by atoms with Crippen LogP contribution < -0.4 is 5.14 Å². The Balaban J connectivity index is 2.26. The van der Waals surface area contributed by atoms with Gasteiger partial charge in [0.15, 0.2) is 0 Å². The van der Waals surface area contributed by atoms with Crippen LogP contribution >= 0.6 is 0 Å². The average Bonchev–Trinajstić information content (AvgIpc) is 2.57. The molecule has 0 aliphatic carbocycles. The van der Waals surface area contributed by atoms with Crippen molar-refractivity contribution in [2.24, 2.45) is 5.14 Å². The third-order valence-electron chi connectivity index (χ3n) is 3.80. The first-order chi connectivity index (χ1) is 11.1. The van der Waals surface area contributed by atoms with E-state index in [2.05, 4.69) is 0 Å². The topological polar surface area (TPSA) is 60.2 Å². The van der Waals surface area contributed by atoms with Gasteiger partial charge in [0.2, 0.25) is 10.0 Å². The van der Waals surface area contributed by atoms with E-state index in [9.17, 15) is 8.42 Å². The summed E-state index contributed by atoms with van der Waals surface area (Å²) in [6.45, 7) is 0. The molecule has 0 radical (unpaired) electrons. The third-order valence-corrected chi connectivity index (χ3v) is 4.79. The summed E-state index contributed by atoms with van der Waals surface area (Å²) in [5.41, 5.74) is 2.73. The van der Waals surface area contributed by atoms with Gasteiger partial charge in [0.25, 0.3) is 0 Å². The van der Waals surface area contributed by atoms with E-state index >= 15 is 0 Å². The highest BCUT2D eigenvalue weighted by atomic mass is 32.2. The Labute approximate surface area is 136 Å². The van der Waals surface area contributed by atoms with Crippen molar-refractivity contribution in [3.63, 3.8) is 0 Å². The van der Waals surface area contributed by atoms with Gasteiger partial charge in [-0.15, -0.1) is 0 Å². The summed E-state index contributed by atoms with van der Waals surface area (Å²) >= 11 is 0. The highest BCUT2D eigenvalue weighted by molar-refractivity contribution is 7.89. The lowest BCUT2D eigenvalue weighted by Crippen LogP contribution is -2.17. The summed E-state index contributed by atoms with van der Waals surface area (Å²) in [6, 6.07) is 26.6. The second-order valence-corrected chi connectivity index (χ2v) is 6.87. The van der Waals surface area contributed by atoms with Crippen molar-refractivity contribution in [2.45, 2.75) is 10.8 Å². The Bertz CT molecular complexity index is 851. The van der Waals surface area contributed by atoms with Crippen molar-refractivity contribution in [3.8, 4) is 0 Å². The molecule has 0 heterocycles. The molecule has 0 fully saturated rings. The molecule has 2 N–H and O–H groups in total. The SMILES string of the molecule is NS(=O)(=O)c1ccccc1C(c1ccccc1)c1ccccc1. The maximum atomic E-state index is 12.0. The molecule has 0 aliphatic heterocycles. The van der Waals surface area contributed by atoms with E-state index in [1.807, 2.05) is 72.8 Å². The smallest absolute Gasteiger partial charge is 0.225 e. The molecule has 0 unspecified atom stereocenters. The minimum absolute atomic E-state index is 0.165. The van der Waals surface area contributed by atoms with Crippen molar-refractivity contribution in [1.29, 1.82) is 0 Å². The molecule has 0 saturated carbocycles. The van der Waals surface area contributed by atoms with E-state index in [1.165, 1.54) is 0 Å². The maximum absolute atomic E-state index is 12.0. The van der Waals surface area contributed by atoms with Crippen LogP contribution in [0.1, 0.15) is 22.6 Å². The summed E-state index contributed by atoms with van der Waals surface area (Å²) in [5, 5.41) is 5.42. The Kier molecular flexibility index (Phi) is 4.28. The highest BCUT2D eigenvalue weighted by Crippen LogP contribution is 2.34. The number of rotatable bonds is 4. The monoisotopic (exact) mass is 323 g/mol. The Morgan fingerprint density at radius 2 is 1.09 bits per heavy atom. The normalized spacial score (nSPS) is 11.6. The molecule has 3 aromatic carbocycles. The van der Waals surface area contributed by atoms with Gasteiger partial charge in [-0.3, -0.25) is 0 Å². The fourth-order valence-corrected chi connectivity index (χ4v) is 3.60. The predicted octanol–water partition coefficient (Wildman–Crippen LogP) is 3.51. The first-order valence-electron chi connectivity index (χ1n) is 7.29. The highest BCUT2D eigenvalue weighted by Gasteiger charge is 2.23. The molecule has 0 aromatic heterocycles. The van der Waals surface area contributed by atoms with Gasteiger partial charge in [0, 0.05) is 5.92 Å². The molecule has 0 bridgehead atoms. The average molecular weight is 323 g/mol. The molecule has 0 saturated heterocycles. The molecule has 0 aliphatic rings. The van der Waals surface area contributed by atoms with Gasteiger partial charge < -0.3 is 0 Å². The van der Waals surface area contributed by atoms with E-state index < -0.39 is 10.0 Å². The van der Waals surface area contributed by atoms with Crippen LogP contribution in [0.5, 0.6) is 0 Å². The number of nitrogens with two attached hydrogens (primary N) is 1. The molecule has 0 spiro atoms. The Morgan fingerprint density at radius 3 is 1.57 bits per heavy atom. The number of sulfonamides is 1. The van der Waals surface area contributed by atoms with Crippen molar-refractivity contribution >= 4 is 10.0 Å². The lowest BCUT2D eigenvalue weighted by Gasteiger charge is -2.21. The maximum Gasteiger partial charge on any atom is 0.238 e. The molecule has 4 heteroatoms. The number of hydrogen-bond donors (Lipinski definition) is 1. The van der Waals surface area contributed by atoms with Crippen molar-refractivity contribution in [2.75, 3.05) is 0 Å². The van der Waals surface area contributed by atoms with E-state index in [0.717, 1.165) is 11.1 Å². The standard InChI is InChI=1S/C19H17NO2S/c20-23(21,22)18-14-8-7-13-17(18)19(15-9-3-1-4-10-15)16-11-5-2-6-12-16/h1-14,19H,(H2,20,21,22). The Morgan fingerprint density at radius 1 is 0.652 bits per heavy atom. The number of primary sulfonamides is 1. The molecule has 3 aromatic rings. The van der Waals surface area contributed by atoms with Crippen LogP contribution in [0.15, 0.2) is 89.8 Å². The fraction of sp³-hybridized carbons (Fsp3) is 0.0526. The first-order valence-corrected chi connectivity index (χ1v) is 8.83. The van der Waals surface area contributed by atoms with Gasteiger partial charge in [-0.2, -0.15) is 0 Å². The lowest BCUT2D eigenvalue weighted by atomic mass is 9.85. The summed E-state index contributed by atoms with van der Waals surface area (Å²) in [7, 11) is -3.79. The molecule has 23 heavy (non-hydrogen) atoms. The van der Waals surface area contributed by atoms with E-state index in [1.54, 1.807) is 12.1 Å². The zero-order valence-corrected chi connectivity index (χ0v) is 13.3. The quantitative estimate of drug-likeness (QED) is 0.747. The van der Waals surface area contributed by atoms with Gasteiger partial charge in [0.05, 0.1) is 4.90 Å². The van der Waals surface area contributed by atoms with Crippen LogP contribution in [0.25, 0.3) is 0 Å². The molecule has 0 atom stereocenters. The predicted molar refractivity (Wildman–Crippen MR) is 91.6 cm³/mol. The van der Waals surface area contributed by atoms with Crippen molar-refractivity contribution in [1.82, 2.24) is 0 Å². The van der Waals surface area contributed by atoms with Crippen LogP contribution in [0.3, 0.4) is 0 Å². The minimum Gasteiger partial charge on any atom is -0.225 e. The second kappa shape index (κ2) is 6.36. The zero-order chi connectivity index (χ0) is 16.3. The summed E-state index contributed by atoms with van der Waals surface area (Å²) in [4.78, 5) is 0.165. The van der Waals surface area contributed by atoms with Gasteiger partial charge in [-0.05, 0) is 22.8 Å². The van der Waals surface area contributed by atoms with E-state index in [4.69, 9.17) is 5.14 Å². The van der Waals surface area contributed by atoms with Crippen LogP contribution in [0.2, 0.25) is 0 Å². The molecular formula is C19H17NO2S. The molecule has 3 rings (SSSR count). The van der Waals surface area contributed by atoms with Gasteiger partial charge in [0.1, 0.15) is 0 Å². The van der Waals surface area contributed by atoms with Gasteiger partial charge in [-0.25, -0.2) is 13.6 Å². The van der Waals surface area contributed by atoms with Gasteiger partial charge in [-0.1, -0.05) is 78.9 Å². The largest absolute Gasteiger partial charge is 0.238 e. The minimum atomic E-state index is -3.79. The molecular weight excluding hydrogens is 306 g/mol. The van der Waals surface area contributed by atoms with Crippen molar-refractivity contribution < 1.29 is 8.42 Å². The van der Waals surface area contributed by atoms with E-state index in [0.29, 0.717) is 5.56 Å². The molecule has 3 nitrogen and oxygen atoms in total. The van der Waals surface area contributed by atoms with Crippen LogP contribution in [0, 0.1) is 0 Å². The summed E-state index contributed by atoms with van der Waals surface area (Å²) in [6.07, 6.45) is 0. The summed E-state index contributed by atoms with van der Waals surface area (Å²) < 4.78 is 24.0.